The predicted octanol–water partition coefficient (Wildman–Crippen LogP) is -6.43. The number of hydrogen-bond acceptors (Lipinski definition) is 0. The van der Waals surface area contributed by atoms with Crippen LogP contribution in [-0.2, 0) is 21.7 Å². The summed E-state index contributed by atoms with van der Waals surface area (Å²) in [5.41, 5.74) is 0. The summed E-state index contributed by atoms with van der Waals surface area (Å²) in [5, 5.41) is 2.66. The van der Waals surface area contributed by atoms with Gasteiger partial charge in [-0.3, -0.25) is 0 Å². The van der Waals surface area contributed by atoms with Gasteiger partial charge < -0.3 is 50.9 Å². The van der Waals surface area contributed by atoms with E-state index in [1.807, 2.05) is 0 Å². The molecule has 0 unspecified atom stereocenters. The molecule has 4 heteroatoms. The third-order valence-electron chi connectivity index (χ3n) is 1.55. The number of fused-ring (bicyclic) bond motifs is 1. The Kier molecular flexibility index (Phi) is 14.3. The van der Waals surface area contributed by atoms with E-state index in [4.69, 9.17) is 0 Å². The molecule has 0 aliphatic carbocycles. The first-order chi connectivity index (χ1) is 4.47. The third kappa shape index (κ3) is 4.84. The number of halogens is 3. The van der Waals surface area contributed by atoms with Crippen molar-refractivity contribution in [3.05, 3.63) is 42.5 Å². The minimum atomic E-state index is 0. The molecule has 0 saturated heterocycles. The summed E-state index contributed by atoms with van der Waals surface area (Å²) in [4.78, 5) is 0. The van der Waals surface area contributed by atoms with Gasteiger partial charge in [0.2, 0.25) is 0 Å². The number of hydrogen-bond donors (Lipinski definition) is 0. The van der Waals surface area contributed by atoms with E-state index in [1.54, 1.807) is 0 Å². The van der Waals surface area contributed by atoms with Gasteiger partial charge in [-0.1, -0.05) is 6.07 Å². The van der Waals surface area contributed by atoms with Gasteiger partial charge in [0.05, 0.1) is 0 Å². The first kappa shape index (κ1) is 19.5. The van der Waals surface area contributed by atoms with Crippen molar-refractivity contribution in [3.63, 3.8) is 0 Å². The fourth-order valence-corrected chi connectivity index (χ4v) is 1.07. The maximum atomic E-state index is 2.12. The molecule has 0 N–H and O–H groups in total. The van der Waals surface area contributed by atoms with Crippen LogP contribution in [0.1, 0.15) is 0 Å². The van der Waals surface area contributed by atoms with Gasteiger partial charge in [-0.05, 0) is 0 Å². The normalized spacial score (nSPS) is 7.08. The summed E-state index contributed by atoms with van der Waals surface area (Å²) in [6.07, 6.45) is 0. The Morgan fingerprint density at radius 2 is 1.46 bits per heavy atom. The number of rotatable bonds is 0. The molecule has 0 bridgehead atoms. The molecule has 0 fully saturated rings. The molecule has 2 rings (SSSR count). The smallest absolute Gasteiger partial charge is 1.00 e. The van der Waals surface area contributed by atoms with E-state index in [0.717, 1.165) is 0 Å². The van der Waals surface area contributed by atoms with Crippen LogP contribution in [0, 0.1) is 0 Å². The molecular weight excluding hydrogens is 396 g/mol. The van der Waals surface area contributed by atoms with Crippen molar-refractivity contribution in [2.75, 3.05) is 0 Å². The van der Waals surface area contributed by atoms with E-state index in [0.29, 0.717) is 0 Å². The monoisotopic (exact) mass is 400 g/mol. The standard InChI is InChI=1S/C9H7.3BrH.Ti/c1-2-5-9-7-3-6-8(9)4-1;;;;/h1-7H;3*1H;/q-1;;;;+4/p-3. The van der Waals surface area contributed by atoms with E-state index < -0.39 is 0 Å². The summed E-state index contributed by atoms with van der Waals surface area (Å²) < 4.78 is 0. The van der Waals surface area contributed by atoms with Crippen molar-refractivity contribution in [3.8, 4) is 0 Å². The summed E-state index contributed by atoms with van der Waals surface area (Å²) in [7, 11) is 0. The van der Waals surface area contributed by atoms with Crippen molar-refractivity contribution >= 4 is 10.8 Å². The van der Waals surface area contributed by atoms with Gasteiger partial charge in [0, 0.05) is 0 Å². The van der Waals surface area contributed by atoms with Crippen LogP contribution in [0.25, 0.3) is 10.8 Å². The Morgan fingerprint density at radius 1 is 0.846 bits per heavy atom. The Labute approximate surface area is 125 Å². The van der Waals surface area contributed by atoms with E-state index in [1.165, 1.54) is 10.8 Å². The predicted molar refractivity (Wildman–Crippen MR) is 39.5 cm³/mol. The molecule has 0 aromatic heterocycles. The SMILES string of the molecule is [Br-].[Br-].[Br-].[Ti+4].c1ccc2[cH-]ccc2c1. The fraction of sp³-hybridized carbons (Fsp3) is 0. The second-order valence-corrected chi connectivity index (χ2v) is 2.15. The quantitative estimate of drug-likeness (QED) is 0.304. The molecule has 68 valence electrons. The second kappa shape index (κ2) is 9.54. The first-order valence-electron chi connectivity index (χ1n) is 3.07. The van der Waals surface area contributed by atoms with Crippen molar-refractivity contribution in [2.24, 2.45) is 0 Å². The second-order valence-electron chi connectivity index (χ2n) is 2.15. The first-order valence-corrected chi connectivity index (χ1v) is 3.07. The molecule has 2 aromatic carbocycles. The molecule has 0 radical (unpaired) electrons. The van der Waals surface area contributed by atoms with Crippen LogP contribution in [0.3, 0.4) is 0 Å². The average molecular weight is 403 g/mol. The van der Waals surface area contributed by atoms with Gasteiger partial charge >= 0.3 is 21.7 Å². The van der Waals surface area contributed by atoms with E-state index in [9.17, 15) is 0 Å². The zero-order chi connectivity index (χ0) is 6.10. The van der Waals surface area contributed by atoms with E-state index in [-0.39, 0.29) is 72.7 Å². The largest absolute Gasteiger partial charge is 4.00 e. The van der Waals surface area contributed by atoms with Crippen LogP contribution >= 0.6 is 0 Å². The Hall–Kier alpha value is 0.984. The zero-order valence-corrected chi connectivity index (χ0v) is 13.0. The van der Waals surface area contributed by atoms with E-state index in [2.05, 4.69) is 42.5 Å². The van der Waals surface area contributed by atoms with Gasteiger partial charge in [0.25, 0.3) is 0 Å². The van der Waals surface area contributed by atoms with Gasteiger partial charge in [-0.2, -0.15) is 17.5 Å². The van der Waals surface area contributed by atoms with Gasteiger partial charge in [0.1, 0.15) is 0 Å². The molecular formula is C9H7Br3Ti. The fourth-order valence-electron chi connectivity index (χ4n) is 1.07. The van der Waals surface area contributed by atoms with Crippen LogP contribution in [0.15, 0.2) is 42.5 Å². The summed E-state index contributed by atoms with van der Waals surface area (Å²) >= 11 is 0. The minimum absolute atomic E-state index is 0. The molecule has 0 saturated carbocycles. The zero-order valence-electron chi connectivity index (χ0n) is 6.68. The van der Waals surface area contributed by atoms with Crippen LogP contribution in [-0.4, -0.2) is 0 Å². The topological polar surface area (TPSA) is 0 Å². The maximum absolute atomic E-state index is 2.12. The number of benzene rings is 1. The van der Waals surface area contributed by atoms with Crippen molar-refractivity contribution in [1.29, 1.82) is 0 Å². The van der Waals surface area contributed by atoms with Crippen LogP contribution in [0.2, 0.25) is 0 Å². The molecule has 0 aliphatic heterocycles. The molecule has 0 atom stereocenters. The van der Waals surface area contributed by atoms with Crippen molar-refractivity contribution in [2.45, 2.75) is 0 Å². The van der Waals surface area contributed by atoms with Gasteiger partial charge in [-0.15, -0.1) is 29.7 Å². The van der Waals surface area contributed by atoms with Crippen LogP contribution in [0.5, 0.6) is 0 Å². The molecule has 0 spiro atoms. The molecule has 0 aliphatic rings. The van der Waals surface area contributed by atoms with Gasteiger partial charge in [0.15, 0.2) is 0 Å². The van der Waals surface area contributed by atoms with Crippen molar-refractivity contribution in [1.82, 2.24) is 0 Å². The molecule has 0 amide bonds. The third-order valence-corrected chi connectivity index (χ3v) is 1.55. The summed E-state index contributed by atoms with van der Waals surface area (Å²) in [6.45, 7) is 0. The molecule has 13 heavy (non-hydrogen) atoms. The molecule has 0 heterocycles. The summed E-state index contributed by atoms with van der Waals surface area (Å²) in [5.74, 6) is 0. The Balaban J connectivity index is -0.000000250. The van der Waals surface area contributed by atoms with E-state index >= 15 is 0 Å². The maximum Gasteiger partial charge on any atom is 4.00 e. The van der Waals surface area contributed by atoms with Crippen LogP contribution in [0.4, 0.5) is 0 Å². The molecule has 2 aromatic rings. The summed E-state index contributed by atoms with van der Waals surface area (Å²) in [6, 6.07) is 14.7. The van der Waals surface area contributed by atoms with Gasteiger partial charge in [-0.25, -0.2) is 0 Å². The molecule has 0 nitrogen and oxygen atoms in total. The van der Waals surface area contributed by atoms with Crippen molar-refractivity contribution < 1.29 is 72.7 Å². The minimum Gasteiger partial charge on any atom is -1.00 e. The Morgan fingerprint density at radius 3 is 2.08 bits per heavy atom. The van der Waals surface area contributed by atoms with Crippen LogP contribution < -0.4 is 50.9 Å². The average Bonchev–Trinajstić information content (AvgIpc) is 2.33. The Bertz CT molecular complexity index is 289.